The Kier molecular flexibility index (Phi) is 4.41. The van der Waals surface area contributed by atoms with E-state index in [9.17, 15) is 0 Å². The van der Waals surface area contributed by atoms with E-state index < -0.39 is 0 Å². The van der Waals surface area contributed by atoms with Gasteiger partial charge in [-0.25, -0.2) is 4.99 Å². The molecule has 1 saturated heterocycles. The molecule has 1 aliphatic rings. The van der Waals surface area contributed by atoms with Crippen molar-refractivity contribution >= 4 is 18.7 Å². The zero-order chi connectivity index (χ0) is 11.9. The Balaban J connectivity index is 2.08. The van der Waals surface area contributed by atoms with Crippen LogP contribution in [0, 0.1) is 0 Å². The summed E-state index contributed by atoms with van der Waals surface area (Å²) in [6.07, 6.45) is 1.50. The fourth-order valence-corrected chi connectivity index (χ4v) is 1.98. The molecule has 0 unspecified atom stereocenters. The lowest BCUT2D eigenvalue weighted by Gasteiger charge is -2.27. The van der Waals surface area contributed by atoms with Gasteiger partial charge in [-0.3, -0.25) is 9.89 Å². The quantitative estimate of drug-likeness (QED) is 0.628. The van der Waals surface area contributed by atoms with E-state index >= 15 is 0 Å². The Morgan fingerprint density at radius 3 is 2.82 bits per heavy atom. The Morgan fingerprint density at radius 2 is 2.06 bits per heavy atom. The number of hydrogen-bond donors (Lipinski definition) is 1. The number of rotatable bonds is 4. The molecule has 1 aliphatic heterocycles. The first-order valence-electron chi connectivity index (χ1n) is 5.89. The molecule has 1 aromatic carbocycles. The summed E-state index contributed by atoms with van der Waals surface area (Å²) in [7, 11) is 0. The average molecular weight is 230 g/mol. The summed E-state index contributed by atoms with van der Waals surface area (Å²) in [5.74, 6) is 0. The average Bonchev–Trinajstić information content (AvgIpc) is 2.39. The number of nitrogens with one attached hydrogen (secondary N) is 1. The molecule has 0 saturated carbocycles. The molecule has 0 aromatic heterocycles. The zero-order valence-electron chi connectivity index (χ0n) is 9.97. The largest absolute Gasteiger partial charge is 0.314 e. The summed E-state index contributed by atoms with van der Waals surface area (Å²) in [5.41, 5.74) is 2.23. The maximum absolute atomic E-state index is 4.29. The summed E-state index contributed by atoms with van der Waals surface area (Å²) in [6, 6.07) is 8.19. The molecule has 1 heterocycles. The minimum Gasteiger partial charge on any atom is -0.314 e. The number of hydrogen-bond acceptors (Lipinski definition) is 3. The second kappa shape index (κ2) is 6.27. The molecule has 1 aromatic rings. The number of nitrogens with zero attached hydrogens (tertiary/aromatic N) is 3. The van der Waals surface area contributed by atoms with Gasteiger partial charge in [-0.05, 0) is 18.3 Å². The van der Waals surface area contributed by atoms with Crippen molar-refractivity contribution in [1.82, 2.24) is 10.2 Å². The van der Waals surface area contributed by atoms with Crippen molar-refractivity contribution < 1.29 is 0 Å². The van der Waals surface area contributed by atoms with Crippen LogP contribution in [0.4, 0.5) is 5.69 Å². The highest BCUT2D eigenvalue weighted by molar-refractivity contribution is 5.67. The predicted octanol–water partition coefficient (Wildman–Crippen LogP) is 1.45. The second-order valence-corrected chi connectivity index (χ2v) is 4.08. The molecule has 1 fully saturated rings. The van der Waals surface area contributed by atoms with E-state index in [0.717, 1.165) is 38.4 Å². The lowest BCUT2D eigenvalue weighted by atomic mass is 10.1. The van der Waals surface area contributed by atoms with Gasteiger partial charge in [0, 0.05) is 32.7 Å². The van der Waals surface area contributed by atoms with Crippen LogP contribution in [-0.4, -0.2) is 44.1 Å². The molecular formula is C13H18N4. The highest BCUT2D eigenvalue weighted by Gasteiger charge is 2.11. The highest BCUT2D eigenvalue weighted by Crippen LogP contribution is 2.20. The van der Waals surface area contributed by atoms with Crippen LogP contribution >= 0.6 is 0 Å². The third-order valence-corrected chi connectivity index (χ3v) is 2.87. The van der Waals surface area contributed by atoms with E-state index in [1.165, 1.54) is 11.9 Å². The van der Waals surface area contributed by atoms with E-state index in [1.807, 2.05) is 12.1 Å². The number of benzene rings is 1. The summed E-state index contributed by atoms with van der Waals surface area (Å²) >= 11 is 0. The van der Waals surface area contributed by atoms with Crippen molar-refractivity contribution in [3.8, 4) is 0 Å². The van der Waals surface area contributed by atoms with Crippen LogP contribution in [0.2, 0.25) is 0 Å². The molecule has 0 radical (unpaired) electrons. The van der Waals surface area contributed by atoms with E-state index in [-0.39, 0.29) is 0 Å². The summed E-state index contributed by atoms with van der Waals surface area (Å²) in [5, 5.41) is 3.35. The SMILES string of the molecule is C=NC=Nc1ccccc1CN1CCNCC1. The van der Waals surface area contributed by atoms with E-state index in [0.29, 0.717) is 0 Å². The van der Waals surface area contributed by atoms with Gasteiger partial charge in [0.15, 0.2) is 0 Å². The standard InChI is InChI=1S/C13H18N4/c1-14-11-16-13-5-3-2-4-12(13)10-17-8-6-15-7-9-17/h2-5,11,15H,1,6-10H2. The number of aliphatic imine (C=N–C) groups is 2. The first kappa shape index (κ1) is 12.0. The topological polar surface area (TPSA) is 40.0 Å². The minimum absolute atomic E-state index is 0.951. The lowest BCUT2D eigenvalue weighted by Crippen LogP contribution is -2.42. The van der Waals surface area contributed by atoms with Crippen molar-refractivity contribution in [2.24, 2.45) is 9.98 Å². The van der Waals surface area contributed by atoms with E-state index in [4.69, 9.17) is 0 Å². The maximum Gasteiger partial charge on any atom is 0.115 e. The Labute approximate surface area is 102 Å². The van der Waals surface area contributed by atoms with Crippen LogP contribution in [0.1, 0.15) is 5.56 Å². The number of piperazine rings is 1. The fourth-order valence-electron chi connectivity index (χ4n) is 1.98. The molecule has 2 rings (SSSR count). The normalized spacial score (nSPS) is 17.4. The van der Waals surface area contributed by atoms with Crippen LogP contribution in [0.15, 0.2) is 34.3 Å². The molecule has 0 bridgehead atoms. The van der Waals surface area contributed by atoms with Crippen molar-refractivity contribution in [3.63, 3.8) is 0 Å². The molecule has 4 nitrogen and oxygen atoms in total. The molecule has 0 amide bonds. The monoisotopic (exact) mass is 230 g/mol. The first-order valence-corrected chi connectivity index (χ1v) is 5.89. The van der Waals surface area contributed by atoms with Gasteiger partial charge in [-0.15, -0.1) is 0 Å². The van der Waals surface area contributed by atoms with Gasteiger partial charge < -0.3 is 5.32 Å². The van der Waals surface area contributed by atoms with Crippen molar-refractivity contribution in [2.45, 2.75) is 6.54 Å². The molecule has 0 atom stereocenters. The molecule has 1 N–H and O–H groups in total. The van der Waals surface area contributed by atoms with Gasteiger partial charge in [-0.1, -0.05) is 18.2 Å². The Bertz CT molecular complexity index is 394. The molecule has 17 heavy (non-hydrogen) atoms. The third-order valence-electron chi connectivity index (χ3n) is 2.87. The van der Waals surface area contributed by atoms with Crippen molar-refractivity contribution in [3.05, 3.63) is 29.8 Å². The smallest absolute Gasteiger partial charge is 0.115 e. The highest BCUT2D eigenvalue weighted by atomic mass is 15.2. The minimum atomic E-state index is 0.951. The Hall–Kier alpha value is -1.52. The molecular weight excluding hydrogens is 212 g/mol. The molecule has 0 spiro atoms. The van der Waals surface area contributed by atoms with Crippen molar-refractivity contribution in [2.75, 3.05) is 26.2 Å². The lowest BCUT2D eigenvalue weighted by molar-refractivity contribution is 0.233. The van der Waals surface area contributed by atoms with Crippen LogP contribution in [-0.2, 0) is 6.54 Å². The van der Waals surface area contributed by atoms with Crippen LogP contribution in [0.25, 0.3) is 0 Å². The summed E-state index contributed by atoms with van der Waals surface area (Å²) in [6.45, 7) is 8.68. The van der Waals surface area contributed by atoms with Crippen LogP contribution in [0.5, 0.6) is 0 Å². The van der Waals surface area contributed by atoms with Gasteiger partial charge in [0.05, 0.1) is 5.69 Å². The molecule has 4 heteroatoms. The van der Waals surface area contributed by atoms with Gasteiger partial charge in [-0.2, -0.15) is 0 Å². The van der Waals surface area contributed by atoms with Gasteiger partial charge >= 0.3 is 0 Å². The number of para-hydroxylation sites is 1. The van der Waals surface area contributed by atoms with Gasteiger partial charge in [0.1, 0.15) is 6.34 Å². The maximum atomic E-state index is 4.29. The predicted molar refractivity (Wildman–Crippen MR) is 72.3 cm³/mol. The van der Waals surface area contributed by atoms with Crippen molar-refractivity contribution in [1.29, 1.82) is 0 Å². The van der Waals surface area contributed by atoms with Crippen LogP contribution < -0.4 is 5.32 Å². The van der Waals surface area contributed by atoms with E-state index in [2.05, 4.69) is 39.1 Å². The summed E-state index contributed by atoms with van der Waals surface area (Å²) in [4.78, 5) is 10.4. The molecule has 90 valence electrons. The Morgan fingerprint density at radius 1 is 1.29 bits per heavy atom. The van der Waals surface area contributed by atoms with Crippen LogP contribution in [0.3, 0.4) is 0 Å². The summed E-state index contributed by atoms with van der Waals surface area (Å²) < 4.78 is 0. The second-order valence-electron chi connectivity index (χ2n) is 4.08. The molecule has 0 aliphatic carbocycles. The first-order chi connectivity index (χ1) is 8.40. The fraction of sp³-hybridized carbons (Fsp3) is 0.385. The zero-order valence-corrected chi connectivity index (χ0v) is 9.97. The van der Waals surface area contributed by atoms with Gasteiger partial charge in [0.25, 0.3) is 0 Å². The third kappa shape index (κ3) is 3.47. The van der Waals surface area contributed by atoms with E-state index in [1.54, 1.807) is 0 Å². The van der Waals surface area contributed by atoms with Gasteiger partial charge in [0.2, 0.25) is 0 Å².